The van der Waals surface area contributed by atoms with E-state index in [0.717, 1.165) is 11.8 Å². The van der Waals surface area contributed by atoms with Crippen molar-refractivity contribution in [1.82, 2.24) is 0 Å². The van der Waals surface area contributed by atoms with E-state index in [0.29, 0.717) is 32.6 Å². The zero-order chi connectivity index (χ0) is 24.7. The molecule has 2 aromatic carbocycles. The molecule has 1 amide bonds. The number of aliphatic hydroxyl groups is 1. The molecule has 1 aliphatic heterocycles. The van der Waals surface area contributed by atoms with Crippen LogP contribution in [0.1, 0.15) is 22.8 Å². The Kier molecular flexibility index (Phi) is 8.56. The number of thioether (sulfide) groups is 1. The Bertz CT molecular complexity index is 1200. The number of carbonyl (C=O) groups is 2. The number of aliphatic imine (C=N–C) groups is 1. The quantitative estimate of drug-likeness (QED) is 0.372. The number of hydrogen-bond donors (Lipinski definition) is 1. The van der Waals surface area contributed by atoms with Crippen molar-refractivity contribution in [2.75, 3.05) is 20.3 Å². The van der Waals surface area contributed by atoms with Crippen molar-refractivity contribution >= 4 is 46.4 Å². The molecule has 9 heteroatoms. The van der Waals surface area contributed by atoms with Gasteiger partial charge in [-0.3, -0.25) is 4.79 Å². The van der Waals surface area contributed by atoms with Crippen molar-refractivity contribution in [2.24, 2.45) is 4.99 Å². The summed E-state index contributed by atoms with van der Waals surface area (Å²) < 4.78 is 16.0. The van der Waals surface area contributed by atoms with Crippen LogP contribution in [-0.2, 0) is 9.53 Å². The van der Waals surface area contributed by atoms with Crippen LogP contribution in [0.5, 0.6) is 11.5 Å². The molecule has 0 aromatic heterocycles. The molecule has 7 nitrogen and oxygen atoms in total. The molecule has 0 saturated carbocycles. The summed E-state index contributed by atoms with van der Waals surface area (Å²) in [5.74, 6) is -0.934. The molecule has 0 fully saturated rings. The number of nitrogens with zero attached hydrogens (tertiary/aromatic N) is 1. The van der Waals surface area contributed by atoms with Crippen LogP contribution >= 0.6 is 23.4 Å². The summed E-state index contributed by atoms with van der Waals surface area (Å²) >= 11 is 7.34. The van der Waals surface area contributed by atoms with Gasteiger partial charge in [0.1, 0.15) is 23.0 Å². The molecule has 176 valence electrons. The van der Waals surface area contributed by atoms with Crippen molar-refractivity contribution in [3.63, 3.8) is 0 Å². The fraction of sp³-hybridized carbons (Fsp3) is 0.160. The van der Waals surface area contributed by atoms with Crippen LogP contribution in [0.3, 0.4) is 0 Å². The molecule has 1 heterocycles. The topological polar surface area (TPSA) is 94.4 Å². The number of esters is 1. The van der Waals surface area contributed by atoms with E-state index in [9.17, 15) is 14.7 Å². The number of carbonyl (C=O) groups excluding carboxylic acids is 2. The van der Waals surface area contributed by atoms with E-state index in [-0.39, 0.29) is 29.6 Å². The highest BCUT2D eigenvalue weighted by Crippen LogP contribution is 2.42. The first-order valence-electron chi connectivity index (χ1n) is 10.2. The summed E-state index contributed by atoms with van der Waals surface area (Å²) in [6, 6.07) is 11.7. The molecule has 0 bridgehead atoms. The lowest BCUT2D eigenvalue weighted by molar-refractivity contribution is -0.138. The third-order valence-electron chi connectivity index (χ3n) is 4.49. The maximum atomic E-state index is 12.6. The van der Waals surface area contributed by atoms with E-state index in [1.165, 1.54) is 7.11 Å². The minimum atomic E-state index is -0.778. The van der Waals surface area contributed by atoms with Crippen LogP contribution in [0.2, 0.25) is 5.02 Å². The first-order valence-corrected chi connectivity index (χ1v) is 11.4. The first-order chi connectivity index (χ1) is 16.4. The molecular formula is C25H22ClNO6S. The van der Waals surface area contributed by atoms with E-state index in [4.69, 9.17) is 25.8 Å². The SMILES string of the molecule is C=CCOc1c(Cl)cc(C=C2SC(=NC(=O)c3ccccc3)C(C(=O)OCC)=C2O)cc1OC. The van der Waals surface area contributed by atoms with E-state index < -0.39 is 11.9 Å². The van der Waals surface area contributed by atoms with Crippen molar-refractivity contribution in [3.05, 3.63) is 87.5 Å². The third-order valence-corrected chi connectivity index (χ3v) is 5.79. The fourth-order valence-electron chi connectivity index (χ4n) is 2.99. The molecule has 34 heavy (non-hydrogen) atoms. The minimum absolute atomic E-state index is 0.0417. The molecule has 0 unspecified atom stereocenters. The van der Waals surface area contributed by atoms with Crippen LogP contribution in [0.25, 0.3) is 6.08 Å². The van der Waals surface area contributed by atoms with Gasteiger partial charge in [-0.25, -0.2) is 9.79 Å². The highest BCUT2D eigenvalue weighted by Gasteiger charge is 2.34. The number of methoxy groups -OCH3 is 1. The van der Waals surface area contributed by atoms with Crippen LogP contribution in [0.15, 0.2) is 76.3 Å². The van der Waals surface area contributed by atoms with Crippen molar-refractivity contribution in [1.29, 1.82) is 0 Å². The van der Waals surface area contributed by atoms with E-state index in [1.807, 2.05) is 0 Å². The second kappa shape index (κ2) is 11.6. The second-order valence-corrected chi connectivity index (χ2v) is 8.21. The first kappa shape index (κ1) is 25.1. The predicted molar refractivity (Wildman–Crippen MR) is 134 cm³/mol. The van der Waals surface area contributed by atoms with Gasteiger partial charge in [0.15, 0.2) is 11.5 Å². The molecule has 1 N–H and O–H groups in total. The van der Waals surface area contributed by atoms with Gasteiger partial charge in [-0.2, -0.15) is 0 Å². The minimum Gasteiger partial charge on any atom is -0.506 e. The van der Waals surface area contributed by atoms with Crippen LogP contribution in [-0.4, -0.2) is 42.4 Å². The maximum absolute atomic E-state index is 12.6. The summed E-state index contributed by atoms with van der Waals surface area (Å²) in [7, 11) is 1.48. The number of hydrogen-bond acceptors (Lipinski definition) is 7. The zero-order valence-electron chi connectivity index (χ0n) is 18.5. The lowest BCUT2D eigenvalue weighted by atomic mass is 10.1. The highest BCUT2D eigenvalue weighted by atomic mass is 35.5. The smallest absolute Gasteiger partial charge is 0.344 e. The lowest BCUT2D eigenvalue weighted by Gasteiger charge is -2.12. The largest absolute Gasteiger partial charge is 0.506 e. The molecule has 0 spiro atoms. The van der Waals surface area contributed by atoms with Gasteiger partial charge in [0.25, 0.3) is 5.91 Å². The molecule has 1 aliphatic rings. The summed E-state index contributed by atoms with van der Waals surface area (Å²) in [6.07, 6.45) is 3.18. The number of amides is 1. The fourth-order valence-corrected chi connectivity index (χ4v) is 4.27. The van der Waals surface area contributed by atoms with Gasteiger partial charge in [-0.1, -0.05) is 54.2 Å². The number of rotatable bonds is 8. The normalized spacial score (nSPS) is 15.5. The molecular weight excluding hydrogens is 478 g/mol. The summed E-state index contributed by atoms with van der Waals surface area (Å²) in [5.41, 5.74) is 0.745. The maximum Gasteiger partial charge on any atom is 0.344 e. The average Bonchev–Trinajstić information content (AvgIpc) is 3.13. The Labute approximate surface area is 206 Å². The van der Waals surface area contributed by atoms with Crippen molar-refractivity contribution in [2.45, 2.75) is 6.92 Å². The van der Waals surface area contributed by atoms with E-state index >= 15 is 0 Å². The standard InChI is InChI=1S/C25H22ClNO6S/c1-4-11-33-22-17(26)12-15(13-18(22)31-3)14-19-21(28)20(25(30)32-5-2)24(34-19)27-23(29)16-9-7-6-8-10-16/h4,6-10,12-14,28H,1,5,11H2,2-3H3. The number of benzene rings is 2. The Balaban J connectivity index is 2.03. The Morgan fingerprint density at radius 3 is 2.62 bits per heavy atom. The molecule has 0 saturated heterocycles. The van der Waals surface area contributed by atoms with Crippen LogP contribution in [0, 0.1) is 0 Å². The summed E-state index contributed by atoms with van der Waals surface area (Å²) in [5, 5.41) is 11.2. The van der Waals surface area contributed by atoms with Gasteiger partial charge >= 0.3 is 5.97 Å². The number of ether oxygens (including phenoxy) is 3. The van der Waals surface area contributed by atoms with Crippen LogP contribution in [0.4, 0.5) is 0 Å². The van der Waals surface area contributed by atoms with Gasteiger partial charge in [0.05, 0.1) is 23.6 Å². The third kappa shape index (κ3) is 5.70. The predicted octanol–water partition coefficient (Wildman–Crippen LogP) is 5.62. The van der Waals surface area contributed by atoms with Gasteiger partial charge in [0.2, 0.25) is 0 Å². The van der Waals surface area contributed by atoms with Gasteiger partial charge in [0, 0.05) is 5.56 Å². The Hall–Kier alpha value is -3.49. The van der Waals surface area contributed by atoms with E-state index in [2.05, 4.69) is 11.6 Å². The Morgan fingerprint density at radius 1 is 1.24 bits per heavy atom. The van der Waals surface area contributed by atoms with Gasteiger partial charge in [-0.15, -0.1) is 0 Å². The monoisotopic (exact) mass is 499 g/mol. The number of halogens is 1. The summed E-state index contributed by atoms with van der Waals surface area (Å²) in [4.78, 5) is 29.5. The average molecular weight is 500 g/mol. The molecule has 0 atom stereocenters. The molecule has 2 aromatic rings. The highest BCUT2D eigenvalue weighted by molar-refractivity contribution is 8.18. The van der Waals surface area contributed by atoms with Gasteiger partial charge < -0.3 is 19.3 Å². The second-order valence-electron chi connectivity index (χ2n) is 6.78. The lowest BCUT2D eigenvalue weighted by Crippen LogP contribution is -2.14. The van der Waals surface area contributed by atoms with Crippen LogP contribution < -0.4 is 9.47 Å². The number of aliphatic hydroxyl groups excluding tert-OH is 1. The van der Waals surface area contributed by atoms with Crippen molar-refractivity contribution in [3.8, 4) is 11.5 Å². The van der Waals surface area contributed by atoms with Gasteiger partial charge in [-0.05, 0) is 42.8 Å². The molecule has 0 aliphatic carbocycles. The zero-order valence-corrected chi connectivity index (χ0v) is 20.1. The Morgan fingerprint density at radius 2 is 1.97 bits per heavy atom. The summed E-state index contributed by atoms with van der Waals surface area (Å²) in [6.45, 7) is 5.59. The molecule has 3 rings (SSSR count). The van der Waals surface area contributed by atoms with E-state index in [1.54, 1.807) is 61.5 Å². The molecule has 0 radical (unpaired) electrons. The van der Waals surface area contributed by atoms with Crippen molar-refractivity contribution < 1.29 is 28.9 Å².